The lowest BCUT2D eigenvalue weighted by Gasteiger charge is -2.29. The summed E-state index contributed by atoms with van der Waals surface area (Å²) in [6, 6.07) is 7.79. The van der Waals surface area contributed by atoms with Crippen molar-refractivity contribution in [1.82, 2.24) is 10.2 Å². The van der Waals surface area contributed by atoms with E-state index in [1.165, 1.54) is 7.11 Å². The Morgan fingerprint density at radius 1 is 1.10 bits per heavy atom. The second kappa shape index (κ2) is 9.15. The molecule has 1 amide bonds. The highest BCUT2D eigenvalue weighted by Gasteiger charge is 2.33. The molecule has 0 fully saturated rings. The Kier molecular flexibility index (Phi) is 6.61. The van der Waals surface area contributed by atoms with Crippen LogP contribution in [-0.2, 0) is 14.3 Å². The molecular formula is C22H28N2O5. The Hall–Kier alpha value is -2.77. The summed E-state index contributed by atoms with van der Waals surface area (Å²) in [5, 5.41) is 4.68. The van der Waals surface area contributed by atoms with Crippen LogP contribution in [0.5, 0.6) is 11.5 Å². The molecule has 156 valence electrons. The third kappa shape index (κ3) is 4.16. The first-order chi connectivity index (χ1) is 14.0. The van der Waals surface area contributed by atoms with Crippen LogP contribution >= 0.6 is 0 Å². The summed E-state index contributed by atoms with van der Waals surface area (Å²) in [5.74, 6) is 1.19. The summed E-state index contributed by atoms with van der Waals surface area (Å²) < 4.78 is 22.9. The number of nitrogens with zero attached hydrogens (tertiary/aromatic N) is 1. The minimum Gasteiger partial charge on any atom is -0.496 e. The number of hydrogen-bond acceptors (Lipinski definition) is 6. The van der Waals surface area contributed by atoms with Crippen molar-refractivity contribution >= 4 is 22.8 Å². The van der Waals surface area contributed by atoms with E-state index in [-0.39, 0.29) is 11.7 Å². The molecule has 0 aliphatic carbocycles. The van der Waals surface area contributed by atoms with E-state index in [1.54, 1.807) is 20.3 Å². The molecule has 1 atom stereocenters. The molecule has 1 N–H and O–H groups in total. The third-order valence-electron chi connectivity index (χ3n) is 4.85. The van der Waals surface area contributed by atoms with Gasteiger partial charge in [0.05, 0.1) is 19.8 Å². The average molecular weight is 400 g/mol. The van der Waals surface area contributed by atoms with Gasteiger partial charge in [-0.15, -0.1) is 0 Å². The number of amides is 1. The van der Waals surface area contributed by atoms with Crippen molar-refractivity contribution in [3.63, 3.8) is 0 Å². The van der Waals surface area contributed by atoms with E-state index in [2.05, 4.69) is 10.2 Å². The molecule has 29 heavy (non-hydrogen) atoms. The Morgan fingerprint density at radius 3 is 2.34 bits per heavy atom. The van der Waals surface area contributed by atoms with Crippen LogP contribution < -0.4 is 14.8 Å². The van der Waals surface area contributed by atoms with E-state index in [0.29, 0.717) is 23.6 Å². The summed E-state index contributed by atoms with van der Waals surface area (Å²) in [6.07, 6.45) is 1.75. The van der Waals surface area contributed by atoms with Gasteiger partial charge in [-0.2, -0.15) is 0 Å². The standard InChI is InChI=1S/C22H28N2O5/c1-24(2)12-8-11-23-21(25)17-13-16-18(22(28-5)29-17)20(27-4)15-10-7-6-9-14(15)19(16)26-3/h6-7,9-10,13,22H,8,11-12H2,1-5H3,(H,23,25). The van der Waals surface area contributed by atoms with Crippen molar-refractivity contribution in [2.75, 3.05) is 48.5 Å². The molecule has 7 heteroatoms. The predicted octanol–water partition coefficient (Wildman–Crippen LogP) is 2.94. The topological polar surface area (TPSA) is 69.3 Å². The first-order valence-electron chi connectivity index (χ1n) is 9.52. The lowest BCUT2D eigenvalue weighted by atomic mass is 9.95. The number of carbonyl (C=O) groups is 1. The molecule has 0 saturated carbocycles. The third-order valence-corrected chi connectivity index (χ3v) is 4.85. The normalized spacial score (nSPS) is 15.5. The minimum atomic E-state index is -0.786. The first-order valence-corrected chi connectivity index (χ1v) is 9.52. The van der Waals surface area contributed by atoms with Crippen LogP contribution in [0, 0.1) is 0 Å². The molecule has 2 aromatic rings. The number of hydrogen-bond donors (Lipinski definition) is 1. The van der Waals surface area contributed by atoms with Crippen molar-refractivity contribution in [3.05, 3.63) is 41.2 Å². The van der Waals surface area contributed by atoms with Crippen molar-refractivity contribution in [1.29, 1.82) is 0 Å². The highest BCUT2D eigenvalue weighted by Crippen LogP contribution is 2.48. The summed E-state index contributed by atoms with van der Waals surface area (Å²) in [6.45, 7) is 1.45. The minimum absolute atomic E-state index is 0.185. The van der Waals surface area contributed by atoms with Gasteiger partial charge in [0.15, 0.2) is 5.76 Å². The Balaban J connectivity index is 2.04. The number of carbonyl (C=O) groups excluding carboxylic acids is 1. The Bertz CT molecular complexity index is 923. The van der Waals surface area contributed by atoms with Gasteiger partial charge in [0.1, 0.15) is 11.5 Å². The molecule has 0 aromatic heterocycles. The Morgan fingerprint density at radius 2 is 1.76 bits per heavy atom. The molecule has 1 unspecified atom stereocenters. The molecule has 2 aromatic carbocycles. The van der Waals surface area contributed by atoms with Gasteiger partial charge in [-0.25, -0.2) is 0 Å². The van der Waals surface area contributed by atoms with E-state index in [0.717, 1.165) is 29.3 Å². The zero-order valence-electron chi connectivity index (χ0n) is 17.6. The van der Waals surface area contributed by atoms with E-state index in [1.807, 2.05) is 38.4 Å². The molecule has 1 heterocycles. The van der Waals surface area contributed by atoms with Crippen LogP contribution in [0.3, 0.4) is 0 Å². The summed E-state index contributed by atoms with van der Waals surface area (Å²) >= 11 is 0. The van der Waals surface area contributed by atoms with E-state index >= 15 is 0 Å². The van der Waals surface area contributed by atoms with Crippen LogP contribution in [0.4, 0.5) is 0 Å². The maximum absolute atomic E-state index is 12.7. The van der Waals surface area contributed by atoms with Crippen LogP contribution in [-0.4, -0.2) is 59.3 Å². The van der Waals surface area contributed by atoms with Gasteiger partial charge in [0.25, 0.3) is 5.91 Å². The molecule has 1 aliphatic rings. The van der Waals surface area contributed by atoms with Gasteiger partial charge in [-0.05, 0) is 33.1 Å². The van der Waals surface area contributed by atoms with Gasteiger partial charge in [0.2, 0.25) is 6.29 Å². The fourth-order valence-corrected chi connectivity index (χ4v) is 3.54. The Labute approximate surface area is 171 Å². The molecule has 0 saturated heterocycles. The van der Waals surface area contributed by atoms with Crippen molar-refractivity contribution in [2.45, 2.75) is 12.7 Å². The van der Waals surface area contributed by atoms with Gasteiger partial charge in [0, 0.05) is 30.0 Å². The smallest absolute Gasteiger partial charge is 0.286 e. The molecule has 1 aliphatic heterocycles. The lowest BCUT2D eigenvalue weighted by molar-refractivity contribution is -0.134. The molecule has 7 nitrogen and oxygen atoms in total. The maximum atomic E-state index is 12.7. The first kappa shape index (κ1) is 21.0. The predicted molar refractivity (Wildman–Crippen MR) is 112 cm³/mol. The number of rotatable bonds is 8. The second-order valence-electron chi connectivity index (χ2n) is 7.05. The largest absolute Gasteiger partial charge is 0.496 e. The summed E-state index contributed by atoms with van der Waals surface area (Å²) in [4.78, 5) is 14.8. The maximum Gasteiger partial charge on any atom is 0.286 e. The van der Waals surface area contributed by atoms with Crippen LogP contribution in [0.1, 0.15) is 23.8 Å². The van der Waals surface area contributed by atoms with Crippen molar-refractivity contribution in [3.8, 4) is 11.5 Å². The molecule has 0 bridgehead atoms. The highest BCUT2D eigenvalue weighted by atomic mass is 16.7. The average Bonchev–Trinajstić information content (AvgIpc) is 2.73. The summed E-state index contributed by atoms with van der Waals surface area (Å²) in [5.41, 5.74) is 1.43. The molecular weight excluding hydrogens is 372 g/mol. The van der Waals surface area contributed by atoms with Gasteiger partial charge >= 0.3 is 0 Å². The van der Waals surface area contributed by atoms with E-state index in [4.69, 9.17) is 18.9 Å². The van der Waals surface area contributed by atoms with E-state index < -0.39 is 6.29 Å². The van der Waals surface area contributed by atoms with Crippen LogP contribution in [0.15, 0.2) is 30.0 Å². The monoisotopic (exact) mass is 400 g/mol. The quantitative estimate of drug-likeness (QED) is 0.687. The number of nitrogens with one attached hydrogen (secondary N) is 1. The highest BCUT2D eigenvalue weighted by molar-refractivity contribution is 6.02. The van der Waals surface area contributed by atoms with E-state index in [9.17, 15) is 4.79 Å². The van der Waals surface area contributed by atoms with Crippen molar-refractivity contribution in [2.24, 2.45) is 0 Å². The number of ether oxygens (including phenoxy) is 4. The molecule has 0 radical (unpaired) electrons. The second-order valence-corrected chi connectivity index (χ2v) is 7.05. The SMILES string of the molecule is COc1c2c(c(OC)c3ccccc13)C(OC)OC(C(=O)NCCCN(C)C)=C2. The fraction of sp³-hybridized carbons (Fsp3) is 0.409. The van der Waals surface area contributed by atoms with Gasteiger partial charge in [-0.1, -0.05) is 24.3 Å². The number of benzene rings is 2. The summed E-state index contributed by atoms with van der Waals surface area (Å²) in [7, 11) is 8.75. The van der Waals surface area contributed by atoms with Gasteiger partial charge < -0.3 is 29.2 Å². The lowest BCUT2D eigenvalue weighted by Crippen LogP contribution is -2.31. The number of fused-ring (bicyclic) bond motifs is 2. The van der Waals surface area contributed by atoms with Crippen molar-refractivity contribution < 1.29 is 23.7 Å². The molecule has 3 rings (SSSR count). The zero-order valence-corrected chi connectivity index (χ0v) is 17.6. The van der Waals surface area contributed by atoms with Gasteiger partial charge in [-0.3, -0.25) is 4.79 Å². The molecule has 0 spiro atoms. The fourth-order valence-electron chi connectivity index (χ4n) is 3.54. The number of methoxy groups -OCH3 is 3. The van der Waals surface area contributed by atoms with Crippen LogP contribution in [0.25, 0.3) is 16.8 Å². The van der Waals surface area contributed by atoms with Crippen LogP contribution in [0.2, 0.25) is 0 Å². The zero-order chi connectivity index (χ0) is 21.0.